The van der Waals surface area contributed by atoms with Gasteiger partial charge in [-0.1, -0.05) is 13.3 Å². The zero-order valence-electron chi connectivity index (χ0n) is 12.7. The summed E-state index contributed by atoms with van der Waals surface area (Å²) in [6.45, 7) is 9.57. The Morgan fingerprint density at radius 2 is 2.00 bits per heavy atom. The third-order valence-electron chi connectivity index (χ3n) is 3.98. The van der Waals surface area contributed by atoms with Gasteiger partial charge in [0.25, 0.3) is 0 Å². The average molecular weight is 251 g/mol. The summed E-state index contributed by atoms with van der Waals surface area (Å²) in [5.41, 5.74) is -0.342. The van der Waals surface area contributed by atoms with E-state index in [-0.39, 0.29) is 5.54 Å². The van der Waals surface area contributed by atoms with Crippen LogP contribution in [0.15, 0.2) is 0 Å². The number of rotatable bonds is 8. The van der Waals surface area contributed by atoms with Crippen LogP contribution in [0.2, 0.25) is 0 Å². The van der Waals surface area contributed by atoms with Gasteiger partial charge >= 0.3 is 0 Å². The maximum absolute atomic E-state index is 9.66. The van der Waals surface area contributed by atoms with Crippen molar-refractivity contribution in [3.05, 3.63) is 0 Å². The van der Waals surface area contributed by atoms with E-state index in [1.54, 1.807) is 0 Å². The van der Waals surface area contributed by atoms with E-state index in [1.165, 1.54) is 25.7 Å². The number of likely N-dealkylation sites (N-methyl/N-ethyl adjacent to an activating group) is 1. The van der Waals surface area contributed by atoms with Crippen LogP contribution in [0.1, 0.15) is 53.4 Å². The molecule has 1 aliphatic carbocycles. The molecule has 0 heterocycles. The van der Waals surface area contributed by atoms with Gasteiger partial charge in [-0.15, -0.1) is 0 Å². The number of nitriles is 1. The number of hydrogen-bond donors (Lipinski definition) is 1. The van der Waals surface area contributed by atoms with E-state index in [9.17, 15) is 5.26 Å². The third kappa shape index (κ3) is 3.96. The molecule has 104 valence electrons. The molecule has 2 unspecified atom stereocenters. The van der Waals surface area contributed by atoms with Gasteiger partial charge in [0.1, 0.15) is 5.54 Å². The smallest absolute Gasteiger partial charge is 0.122 e. The van der Waals surface area contributed by atoms with Crippen LogP contribution in [0, 0.1) is 17.2 Å². The monoisotopic (exact) mass is 251 g/mol. The van der Waals surface area contributed by atoms with Gasteiger partial charge in [-0.25, -0.2) is 0 Å². The fourth-order valence-electron chi connectivity index (χ4n) is 2.73. The molecule has 0 bridgehead atoms. The standard InChI is InChI=1S/C15H29N3/c1-6-7-13(4)18(5)11-15(10-16,14-8-9-14)17-12(2)3/h12-14,17H,6-9,11H2,1-5H3. The summed E-state index contributed by atoms with van der Waals surface area (Å²) < 4.78 is 0. The van der Waals surface area contributed by atoms with Crippen molar-refractivity contribution in [3.8, 4) is 6.07 Å². The lowest BCUT2D eigenvalue weighted by molar-refractivity contribution is 0.172. The fourth-order valence-corrected chi connectivity index (χ4v) is 2.73. The number of nitrogens with one attached hydrogen (secondary N) is 1. The van der Waals surface area contributed by atoms with Gasteiger partial charge in [-0.05, 0) is 53.0 Å². The van der Waals surface area contributed by atoms with Crippen LogP contribution < -0.4 is 5.32 Å². The van der Waals surface area contributed by atoms with Crippen LogP contribution in [0.3, 0.4) is 0 Å². The highest BCUT2D eigenvalue weighted by atomic mass is 15.2. The second kappa shape index (κ2) is 6.54. The van der Waals surface area contributed by atoms with Crippen molar-refractivity contribution >= 4 is 0 Å². The van der Waals surface area contributed by atoms with Gasteiger partial charge in [-0.2, -0.15) is 5.26 Å². The van der Waals surface area contributed by atoms with E-state index in [0.29, 0.717) is 18.0 Å². The maximum Gasteiger partial charge on any atom is 0.122 e. The van der Waals surface area contributed by atoms with Gasteiger partial charge in [0.05, 0.1) is 6.07 Å². The number of nitrogens with zero attached hydrogens (tertiary/aromatic N) is 2. The SMILES string of the molecule is CCCC(C)N(C)CC(C#N)(NC(C)C)C1CC1. The second-order valence-electron chi connectivity index (χ2n) is 6.21. The van der Waals surface area contributed by atoms with E-state index < -0.39 is 0 Å². The Kier molecular flexibility index (Phi) is 5.62. The lowest BCUT2D eigenvalue weighted by Gasteiger charge is -2.36. The molecule has 0 aromatic heterocycles. The molecular weight excluding hydrogens is 222 g/mol. The van der Waals surface area contributed by atoms with E-state index in [4.69, 9.17) is 0 Å². The molecule has 0 spiro atoms. The van der Waals surface area contributed by atoms with Crippen molar-refractivity contribution in [1.82, 2.24) is 10.2 Å². The lowest BCUT2D eigenvalue weighted by Crippen LogP contribution is -2.57. The predicted molar refractivity (Wildman–Crippen MR) is 76.3 cm³/mol. The Morgan fingerprint density at radius 1 is 1.39 bits per heavy atom. The van der Waals surface area contributed by atoms with Crippen LogP contribution in [-0.2, 0) is 0 Å². The first kappa shape index (κ1) is 15.5. The van der Waals surface area contributed by atoms with E-state index in [2.05, 4.69) is 51.0 Å². The molecule has 1 N–H and O–H groups in total. The maximum atomic E-state index is 9.66. The van der Waals surface area contributed by atoms with Crippen LogP contribution in [0.25, 0.3) is 0 Å². The van der Waals surface area contributed by atoms with Crippen molar-refractivity contribution in [2.45, 2.75) is 71.0 Å². The highest BCUT2D eigenvalue weighted by Gasteiger charge is 2.46. The summed E-state index contributed by atoms with van der Waals surface area (Å²) in [6.07, 6.45) is 4.79. The largest absolute Gasteiger partial charge is 0.301 e. The normalized spacial score (nSPS) is 20.8. The predicted octanol–water partition coefficient (Wildman–Crippen LogP) is 2.78. The van der Waals surface area contributed by atoms with Crippen molar-refractivity contribution in [3.63, 3.8) is 0 Å². The molecule has 3 heteroatoms. The Morgan fingerprint density at radius 3 is 2.39 bits per heavy atom. The zero-order chi connectivity index (χ0) is 13.8. The van der Waals surface area contributed by atoms with Crippen LogP contribution in [-0.4, -0.2) is 36.1 Å². The van der Waals surface area contributed by atoms with E-state index >= 15 is 0 Å². The molecular formula is C15H29N3. The van der Waals surface area contributed by atoms with Crippen molar-refractivity contribution in [2.24, 2.45) is 5.92 Å². The molecule has 0 aliphatic heterocycles. The first-order chi connectivity index (χ1) is 8.45. The van der Waals surface area contributed by atoms with Crippen molar-refractivity contribution in [1.29, 1.82) is 5.26 Å². The molecule has 1 rings (SSSR count). The minimum absolute atomic E-state index is 0.342. The molecule has 2 atom stereocenters. The minimum Gasteiger partial charge on any atom is -0.301 e. The molecule has 1 saturated carbocycles. The van der Waals surface area contributed by atoms with E-state index in [0.717, 1.165) is 6.54 Å². The Labute approximate surface area is 113 Å². The number of hydrogen-bond acceptors (Lipinski definition) is 3. The average Bonchev–Trinajstić information content (AvgIpc) is 3.11. The summed E-state index contributed by atoms with van der Waals surface area (Å²) in [5, 5.41) is 13.2. The molecule has 0 aromatic rings. The summed E-state index contributed by atoms with van der Waals surface area (Å²) in [5.74, 6) is 0.543. The fraction of sp³-hybridized carbons (Fsp3) is 0.933. The first-order valence-corrected chi connectivity index (χ1v) is 7.34. The summed E-state index contributed by atoms with van der Waals surface area (Å²) in [6, 6.07) is 3.50. The molecule has 0 saturated heterocycles. The Bertz CT molecular complexity index is 291. The van der Waals surface area contributed by atoms with Crippen LogP contribution in [0.5, 0.6) is 0 Å². The molecule has 0 amide bonds. The van der Waals surface area contributed by atoms with Crippen molar-refractivity contribution in [2.75, 3.05) is 13.6 Å². The summed E-state index contributed by atoms with van der Waals surface area (Å²) in [7, 11) is 2.15. The summed E-state index contributed by atoms with van der Waals surface area (Å²) in [4.78, 5) is 2.35. The molecule has 1 aliphatic rings. The van der Waals surface area contributed by atoms with Gasteiger partial charge in [0.2, 0.25) is 0 Å². The zero-order valence-corrected chi connectivity index (χ0v) is 12.7. The Hall–Kier alpha value is -0.590. The minimum atomic E-state index is -0.342. The third-order valence-corrected chi connectivity index (χ3v) is 3.98. The van der Waals surface area contributed by atoms with Crippen molar-refractivity contribution < 1.29 is 0 Å². The van der Waals surface area contributed by atoms with E-state index in [1.807, 2.05) is 0 Å². The Balaban J connectivity index is 2.69. The highest BCUT2D eigenvalue weighted by molar-refractivity contribution is 5.17. The molecule has 0 aromatic carbocycles. The molecule has 3 nitrogen and oxygen atoms in total. The van der Waals surface area contributed by atoms with Gasteiger partial charge in [0, 0.05) is 18.6 Å². The molecule has 0 radical (unpaired) electrons. The lowest BCUT2D eigenvalue weighted by atomic mass is 9.92. The first-order valence-electron chi connectivity index (χ1n) is 7.34. The van der Waals surface area contributed by atoms with Gasteiger partial charge in [0.15, 0.2) is 0 Å². The van der Waals surface area contributed by atoms with Gasteiger partial charge in [-0.3, -0.25) is 5.32 Å². The molecule has 1 fully saturated rings. The highest BCUT2D eigenvalue weighted by Crippen LogP contribution is 2.40. The van der Waals surface area contributed by atoms with Gasteiger partial charge < -0.3 is 4.90 Å². The topological polar surface area (TPSA) is 39.1 Å². The second-order valence-corrected chi connectivity index (χ2v) is 6.21. The quantitative estimate of drug-likeness (QED) is 0.721. The molecule has 18 heavy (non-hydrogen) atoms. The van der Waals surface area contributed by atoms with Crippen LogP contribution in [0.4, 0.5) is 0 Å². The summed E-state index contributed by atoms with van der Waals surface area (Å²) >= 11 is 0. The van der Waals surface area contributed by atoms with Crippen LogP contribution >= 0.6 is 0 Å².